The van der Waals surface area contributed by atoms with Gasteiger partial charge in [0.15, 0.2) is 0 Å². The van der Waals surface area contributed by atoms with E-state index in [4.69, 9.17) is 4.74 Å². The lowest BCUT2D eigenvalue weighted by Crippen LogP contribution is -2.48. The number of carbonyl (C=O) groups excluding carboxylic acids is 1. The van der Waals surface area contributed by atoms with E-state index in [1.807, 2.05) is 0 Å². The number of amides is 1. The maximum atomic E-state index is 12.2. The Hall–Kier alpha value is -0.980. The minimum absolute atomic E-state index is 0.0306. The summed E-state index contributed by atoms with van der Waals surface area (Å²) in [6.07, 6.45) is -4.00. The number of hydrogen-bond acceptors (Lipinski definition) is 3. The maximum absolute atomic E-state index is 12.2. The summed E-state index contributed by atoms with van der Waals surface area (Å²) in [6.45, 7) is 4.65. The molecule has 4 nitrogen and oxygen atoms in total. The van der Waals surface area contributed by atoms with Crippen LogP contribution in [0, 0.1) is 0 Å². The summed E-state index contributed by atoms with van der Waals surface area (Å²) in [6, 6.07) is -0.567. The third kappa shape index (κ3) is 6.13. The first kappa shape index (κ1) is 16.1. The number of halogens is 3. The number of rotatable bonds is 4. The number of likely N-dealkylation sites (tertiary alicyclic amines) is 1. The zero-order valence-corrected chi connectivity index (χ0v) is 11.3. The number of alkyl halides is 3. The fourth-order valence-electron chi connectivity index (χ4n) is 2.25. The largest absolute Gasteiger partial charge is 0.450 e. The Morgan fingerprint density at radius 1 is 1.42 bits per heavy atom. The van der Waals surface area contributed by atoms with E-state index in [0.29, 0.717) is 32.5 Å². The molecule has 112 valence electrons. The second-order valence-corrected chi connectivity index (χ2v) is 4.85. The smallest absolute Gasteiger partial charge is 0.409 e. The molecule has 1 saturated heterocycles. The van der Waals surface area contributed by atoms with Crippen LogP contribution in [0.4, 0.5) is 18.0 Å². The fraction of sp³-hybridized carbons (Fsp3) is 0.917. The summed E-state index contributed by atoms with van der Waals surface area (Å²) in [5, 5.41) is 2.97. The summed E-state index contributed by atoms with van der Waals surface area (Å²) in [5.41, 5.74) is 0. The Morgan fingerprint density at radius 2 is 2.00 bits per heavy atom. The number of piperidine rings is 1. The lowest BCUT2D eigenvalue weighted by Gasteiger charge is -2.33. The van der Waals surface area contributed by atoms with Crippen LogP contribution in [-0.4, -0.2) is 48.9 Å². The molecule has 1 rings (SSSR count). The van der Waals surface area contributed by atoms with E-state index < -0.39 is 18.6 Å². The molecule has 1 N–H and O–H groups in total. The van der Waals surface area contributed by atoms with E-state index in [-0.39, 0.29) is 12.1 Å². The van der Waals surface area contributed by atoms with Gasteiger partial charge in [0.2, 0.25) is 0 Å². The molecule has 0 aromatic rings. The van der Waals surface area contributed by atoms with Crippen molar-refractivity contribution in [1.82, 2.24) is 10.2 Å². The first-order valence-electron chi connectivity index (χ1n) is 6.56. The molecule has 0 aromatic heterocycles. The molecule has 0 radical (unpaired) electrons. The average molecular weight is 282 g/mol. The highest BCUT2D eigenvalue weighted by molar-refractivity contribution is 5.67. The van der Waals surface area contributed by atoms with Crippen LogP contribution in [0.15, 0.2) is 0 Å². The van der Waals surface area contributed by atoms with Crippen molar-refractivity contribution in [2.75, 3.05) is 19.7 Å². The van der Waals surface area contributed by atoms with Crippen LogP contribution >= 0.6 is 0 Å². The van der Waals surface area contributed by atoms with Gasteiger partial charge in [-0.05, 0) is 26.7 Å². The predicted octanol–water partition coefficient (Wildman–Crippen LogP) is 2.54. The zero-order valence-electron chi connectivity index (χ0n) is 11.3. The third-order valence-electron chi connectivity index (χ3n) is 3.08. The van der Waals surface area contributed by atoms with Crippen LogP contribution in [-0.2, 0) is 4.74 Å². The van der Waals surface area contributed by atoms with E-state index in [0.717, 1.165) is 0 Å². The molecule has 1 fully saturated rings. The lowest BCUT2D eigenvalue weighted by atomic mass is 10.0. The molecular formula is C12H21F3N2O2. The van der Waals surface area contributed by atoms with Crippen LogP contribution < -0.4 is 5.32 Å². The highest BCUT2D eigenvalue weighted by atomic mass is 19.4. The molecule has 7 heteroatoms. The molecule has 0 bridgehead atoms. The van der Waals surface area contributed by atoms with Gasteiger partial charge in [-0.2, -0.15) is 13.2 Å². The minimum Gasteiger partial charge on any atom is -0.450 e. The van der Waals surface area contributed by atoms with Crippen LogP contribution in [0.5, 0.6) is 0 Å². The molecule has 1 amide bonds. The number of nitrogens with zero attached hydrogens (tertiary/aromatic N) is 1. The van der Waals surface area contributed by atoms with Gasteiger partial charge < -0.3 is 15.0 Å². The molecule has 1 heterocycles. The summed E-state index contributed by atoms with van der Waals surface area (Å²) >= 11 is 0. The summed E-state index contributed by atoms with van der Waals surface area (Å²) in [7, 11) is 0. The van der Waals surface area contributed by atoms with Gasteiger partial charge in [0.1, 0.15) is 0 Å². The first-order valence-corrected chi connectivity index (χ1v) is 6.56. The fourth-order valence-corrected chi connectivity index (χ4v) is 2.25. The first-order chi connectivity index (χ1) is 8.81. The molecule has 1 atom stereocenters. The molecule has 0 spiro atoms. The Labute approximate surface area is 111 Å². The van der Waals surface area contributed by atoms with Gasteiger partial charge in [-0.3, -0.25) is 0 Å². The molecule has 19 heavy (non-hydrogen) atoms. The van der Waals surface area contributed by atoms with Gasteiger partial charge >= 0.3 is 12.3 Å². The summed E-state index contributed by atoms with van der Waals surface area (Å²) in [5.74, 6) is 0. The normalized spacial score (nSPS) is 19.3. The number of nitrogens with one attached hydrogen (secondary N) is 1. The van der Waals surface area contributed by atoms with Crippen LogP contribution in [0.3, 0.4) is 0 Å². The molecule has 0 aliphatic carbocycles. The van der Waals surface area contributed by atoms with Crippen molar-refractivity contribution in [3.8, 4) is 0 Å². The second-order valence-electron chi connectivity index (χ2n) is 4.85. The average Bonchev–Trinajstić information content (AvgIpc) is 2.27. The molecular weight excluding hydrogens is 261 g/mol. The summed E-state index contributed by atoms with van der Waals surface area (Å²) < 4.78 is 41.5. The topological polar surface area (TPSA) is 41.6 Å². The standard InChI is InChI=1S/C12H21F3N2O2/c1-3-19-11(18)17-6-4-10(5-7-17)16-9(2)8-12(13,14)15/h9-10,16H,3-8H2,1-2H3. The molecule has 0 aromatic carbocycles. The van der Waals surface area contributed by atoms with Gasteiger partial charge in [-0.1, -0.05) is 0 Å². The highest BCUT2D eigenvalue weighted by Crippen LogP contribution is 2.22. The molecule has 1 aliphatic rings. The van der Waals surface area contributed by atoms with Crippen molar-refractivity contribution in [2.45, 2.75) is 51.4 Å². The van der Waals surface area contributed by atoms with E-state index in [9.17, 15) is 18.0 Å². The third-order valence-corrected chi connectivity index (χ3v) is 3.08. The van der Waals surface area contributed by atoms with E-state index in [1.54, 1.807) is 11.8 Å². The SMILES string of the molecule is CCOC(=O)N1CCC(NC(C)CC(F)(F)F)CC1. The van der Waals surface area contributed by atoms with Crippen molar-refractivity contribution in [3.63, 3.8) is 0 Å². The quantitative estimate of drug-likeness (QED) is 0.861. The number of ether oxygens (including phenoxy) is 1. The predicted molar refractivity (Wildman–Crippen MR) is 64.9 cm³/mol. The minimum atomic E-state index is -4.14. The monoisotopic (exact) mass is 282 g/mol. The van der Waals surface area contributed by atoms with Gasteiger partial charge in [0.05, 0.1) is 13.0 Å². The van der Waals surface area contributed by atoms with Gasteiger partial charge in [0.25, 0.3) is 0 Å². The van der Waals surface area contributed by atoms with Gasteiger partial charge in [-0.15, -0.1) is 0 Å². The highest BCUT2D eigenvalue weighted by Gasteiger charge is 2.31. The van der Waals surface area contributed by atoms with Crippen LogP contribution in [0.25, 0.3) is 0 Å². The van der Waals surface area contributed by atoms with Gasteiger partial charge in [0, 0.05) is 25.2 Å². The molecule has 0 saturated carbocycles. The zero-order chi connectivity index (χ0) is 14.5. The van der Waals surface area contributed by atoms with Crippen molar-refractivity contribution >= 4 is 6.09 Å². The van der Waals surface area contributed by atoms with Crippen molar-refractivity contribution in [2.24, 2.45) is 0 Å². The van der Waals surface area contributed by atoms with Crippen LogP contribution in [0.2, 0.25) is 0 Å². The van der Waals surface area contributed by atoms with Gasteiger partial charge in [-0.25, -0.2) is 4.79 Å². The Bertz CT molecular complexity index is 289. The van der Waals surface area contributed by atoms with E-state index in [2.05, 4.69) is 5.32 Å². The number of hydrogen-bond donors (Lipinski definition) is 1. The Kier molecular flexibility index (Phi) is 5.90. The van der Waals surface area contributed by atoms with Crippen molar-refractivity contribution in [1.29, 1.82) is 0 Å². The van der Waals surface area contributed by atoms with Crippen molar-refractivity contribution in [3.05, 3.63) is 0 Å². The summed E-state index contributed by atoms with van der Waals surface area (Å²) in [4.78, 5) is 13.0. The second kappa shape index (κ2) is 6.98. The Morgan fingerprint density at radius 3 is 2.47 bits per heavy atom. The lowest BCUT2D eigenvalue weighted by molar-refractivity contribution is -0.139. The maximum Gasteiger partial charge on any atom is 0.409 e. The number of carbonyl (C=O) groups is 1. The van der Waals surface area contributed by atoms with Crippen LogP contribution in [0.1, 0.15) is 33.1 Å². The Balaban J connectivity index is 2.28. The molecule has 1 aliphatic heterocycles. The molecule has 1 unspecified atom stereocenters. The van der Waals surface area contributed by atoms with E-state index in [1.165, 1.54) is 6.92 Å². The van der Waals surface area contributed by atoms with Crippen molar-refractivity contribution < 1.29 is 22.7 Å². The van der Waals surface area contributed by atoms with E-state index >= 15 is 0 Å².